The van der Waals surface area contributed by atoms with Crippen LogP contribution in [0.15, 0.2) is 48.5 Å². The minimum absolute atomic E-state index is 0. The Kier molecular flexibility index (Phi) is 11.2. The molecule has 2 rings (SSSR count). The normalized spacial score (nSPS) is 9.81. The number of rotatable bonds is 4. The Labute approximate surface area is 144 Å². The maximum absolute atomic E-state index is 3.16. The van der Waals surface area contributed by atoms with Crippen LogP contribution in [0.3, 0.4) is 0 Å². The molecule has 0 unspecified atom stereocenters. The third-order valence-corrected chi connectivity index (χ3v) is 2.52. The summed E-state index contributed by atoms with van der Waals surface area (Å²) in [6.07, 6.45) is 0. The summed E-state index contributed by atoms with van der Waals surface area (Å²) >= 11 is 0. The van der Waals surface area contributed by atoms with E-state index >= 15 is 0 Å². The second-order valence-electron chi connectivity index (χ2n) is 5.25. The first-order valence-electron chi connectivity index (χ1n) is 6.78. The summed E-state index contributed by atoms with van der Waals surface area (Å²) < 4.78 is 0. The van der Waals surface area contributed by atoms with Crippen molar-refractivity contribution in [1.82, 2.24) is 9.80 Å². The average molecular weight is 364 g/mol. The second-order valence-corrected chi connectivity index (χ2v) is 5.25. The van der Waals surface area contributed by atoms with Crippen molar-refractivity contribution in [3.05, 3.63) is 71.8 Å². The van der Waals surface area contributed by atoms with E-state index in [0.29, 0.717) is 0 Å². The molecule has 0 fully saturated rings. The molecule has 0 radical (unpaired) electrons. The van der Waals surface area contributed by atoms with Gasteiger partial charge >= 0.3 is 21.1 Å². The van der Waals surface area contributed by atoms with Gasteiger partial charge in [-0.3, -0.25) is 0 Å². The first-order chi connectivity index (χ1) is 9.58. The van der Waals surface area contributed by atoms with Crippen LogP contribution in [0.25, 0.3) is 0 Å². The molecule has 21 heavy (non-hydrogen) atoms. The molecule has 0 aliphatic heterocycles. The third-order valence-electron chi connectivity index (χ3n) is 2.52. The largest absolute Gasteiger partial charge is 2.00 e. The van der Waals surface area contributed by atoms with E-state index in [-0.39, 0.29) is 21.1 Å². The quantitative estimate of drug-likeness (QED) is 0.608. The molecule has 2 nitrogen and oxygen atoms in total. The minimum Gasteiger partial charge on any atom is -0.307 e. The van der Waals surface area contributed by atoms with Crippen LogP contribution in [0.2, 0.25) is 0 Å². The van der Waals surface area contributed by atoms with E-state index in [1.165, 1.54) is 11.1 Å². The van der Waals surface area contributed by atoms with Gasteiger partial charge in [-0.15, -0.1) is 11.1 Å². The fourth-order valence-corrected chi connectivity index (χ4v) is 1.74. The van der Waals surface area contributed by atoms with Gasteiger partial charge in [-0.25, -0.2) is 0 Å². The molecule has 0 saturated carbocycles. The molecule has 112 valence electrons. The molecule has 0 aliphatic carbocycles. The van der Waals surface area contributed by atoms with Gasteiger partial charge in [0.05, 0.1) is 0 Å². The standard InChI is InChI=1S/2C9H12N.Mo/c2*1-10(2)8-9-6-4-3-5-7-9;/h2*3-6H,8H2,1-2H3;/q2*-1;+2. The van der Waals surface area contributed by atoms with Crippen LogP contribution in [0.4, 0.5) is 0 Å². The first kappa shape index (κ1) is 20.0. The fraction of sp³-hybridized carbons (Fsp3) is 0.333. The average Bonchev–Trinajstić information content (AvgIpc) is 2.40. The van der Waals surface area contributed by atoms with Crippen LogP contribution in [0, 0.1) is 12.1 Å². The Morgan fingerprint density at radius 2 is 1.10 bits per heavy atom. The maximum atomic E-state index is 3.16. The van der Waals surface area contributed by atoms with Crippen molar-refractivity contribution < 1.29 is 21.1 Å². The zero-order chi connectivity index (χ0) is 14.8. The Bertz CT molecular complexity index is 410. The predicted octanol–water partition coefficient (Wildman–Crippen LogP) is 3.09. The van der Waals surface area contributed by atoms with Gasteiger partial charge in [0, 0.05) is 13.1 Å². The van der Waals surface area contributed by atoms with Crippen LogP contribution < -0.4 is 0 Å². The van der Waals surface area contributed by atoms with E-state index in [1.807, 2.05) is 36.4 Å². The number of hydrogen-bond donors (Lipinski definition) is 0. The molecular formula is C18H24MoN2. The number of benzene rings is 2. The van der Waals surface area contributed by atoms with Crippen molar-refractivity contribution in [3.8, 4) is 0 Å². The minimum atomic E-state index is 0. The number of nitrogens with zero attached hydrogens (tertiary/aromatic N) is 2. The summed E-state index contributed by atoms with van der Waals surface area (Å²) in [7, 11) is 8.23. The zero-order valence-electron chi connectivity index (χ0n) is 13.3. The molecule has 0 atom stereocenters. The van der Waals surface area contributed by atoms with Gasteiger partial charge in [0.2, 0.25) is 0 Å². The molecule has 0 aromatic heterocycles. The predicted molar refractivity (Wildman–Crippen MR) is 85.3 cm³/mol. The smallest absolute Gasteiger partial charge is 0.307 e. The molecule has 3 heteroatoms. The summed E-state index contributed by atoms with van der Waals surface area (Å²) in [4.78, 5) is 4.26. The monoisotopic (exact) mass is 366 g/mol. The van der Waals surface area contributed by atoms with E-state index in [2.05, 4.69) is 62.3 Å². The molecule has 2 aromatic carbocycles. The molecule has 0 amide bonds. The summed E-state index contributed by atoms with van der Waals surface area (Å²) in [5, 5.41) is 0. The van der Waals surface area contributed by atoms with Crippen LogP contribution >= 0.6 is 0 Å². The van der Waals surface area contributed by atoms with Crippen molar-refractivity contribution in [2.45, 2.75) is 13.1 Å². The Hall–Kier alpha value is -0.952. The zero-order valence-corrected chi connectivity index (χ0v) is 15.3. The topological polar surface area (TPSA) is 6.48 Å². The second kappa shape index (κ2) is 11.7. The van der Waals surface area contributed by atoms with E-state index in [4.69, 9.17) is 0 Å². The van der Waals surface area contributed by atoms with E-state index < -0.39 is 0 Å². The van der Waals surface area contributed by atoms with Crippen LogP contribution in [0.5, 0.6) is 0 Å². The van der Waals surface area contributed by atoms with Gasteiger partial charge in [-0.2, -0.15) is 60.7 Å². The van der Waals surface area contributed by atoms with Gasteiger partial charge in [-0.1, -0.05) is 0 Å². The van der Waals surface area contributed by atoms with Crippen molar-refractivity contribution in [3.63, 3.8) is 0 Å². The van der Waals surface area contributed by atoms with Gasteiger partial charge < -0.3 is 9.80 Å². The van der Waals surface area contributed by atoms with Crippen molar-refractivity contribution in [2.24, 2.45) is 0 Å². The summed E-state index contributed by atoms with van der Waals surface area (Å²) in [6, 6.07) is 22.4. The molecule has 0 bridgehead atoms. The first-order valence-corrected chi connectivity index (χ1v) is 6.78. The van der Waals surface area contributed by atoms with E-state index in [0.717, 1.165) is 13.1 Å². The van der Waals surface area contributed by atoms with Gasteiger partial charge in [0.25, 0.3) is 0 Å². The van der Waals surface area contributed by atoms with Gasteiger partial charge in [-0.05, 0) is 28.2 Å². The maximum Gasteiger partial charge on any atom is 2.00 e. The summed E-state index contributed by atoms with van der Waals surface area (Å²) in [5.41, 5.74) is 2.49. The SMILES string of the molecule is CN(C)Cc1[c-]cccc1.CN(C)Cc1[c-]cccc1.[Mo+2]. The Balaban J connectivity index is 0.000000364. The molecule has 0 heterocycles. The molecule has 2 aromatic rings. The van der Waals surface area contributed by atoms with Crippen molar-refractivity contribution >= 4 is 0 Å². The van der Waals surface area contributed by atoms with E-state index in [1.54, 1.807) is 0 Å². The molecule has 0 spiro atoms. The third kappa shape index (κ3) is 10.4. The Morgan fingerprint density at radius 3 is 1.33 bits per heavy atom. The molecule has 0 N–H and O–H groups in total. The van der Waals surface area contributed by atoms with Crippen molar-refractivity contribution in [1.29, 1.82) is 0 Å². The number of hydrogen-bond acceptors (Lipinski definition) is 2. The van der Waals surface area contributed by atoms with Crippen LogP contribution in [-0.2, 0) is 34.2 Å². The van der Waals surface area contributed by atoms with Crippen LogP contribution in [0.1, 0.15) is 11.1 Å². The molecule has 0 saturated heterocycles. The fourth-order valence-electron chi connectivity index (χ4n) is 1.74. The Morgan fingerprint density at radius 1 is 0.714 bits per heavy atom. The van der Waals surface area contributed by atoms with Gasteiger partial charge in [0.1, 0.15) is 0 Å². The summed E-state index contributed by atoms with van der Waals surface area (Å²) in [5.74, 6) is 0. The molecular weight excluding hydrogens is 340 g/mol. The van der Waals surface area contributed by atoms with E-state index in [9.17, 15) is 0 Å². The summed E-state index contributed by atoms with van der Waals surface area (Å²) in [6.45, 7) is 1.95. The van der Waals surface area contributed by atoms with Crippen LogP contribution in [-0.4, -0.2) is 38.0 Å². The van der Waals surface area contributed by atoms with Crippen molar-refractivity contribution in [2.75, 3.05) is 28.2 Å². The molecule has 0 aliphatic rings. The van der Waals surface area contributed by atoms with Gasteiger partial charge in [0.15, 0.2) is 0 Å².